The quantitative estimate of drug-likeness (QED) is 0.278. The molecule has 18 heavy (non-hydrogen) atoms. The molecule has 1 rings (SSSR count). The first-order valence-electron chi connectivity index (χ1n) is 5.67. The molecule has 7 heteroatoms. The van der Waals surface area contributed by atoms with Gasteiger partial charge in [-0.15, -0.1) is 0 Å². The molecule has 100 valence electrons. The number of nitrogens with zero attached hydrogens (tertiary/aromatic N) is 2. The van der Waals surface area contributed by atoms with Crippen LogP contribution in [0.5, 0.6) is 0 Å². The highest BCUT2D eigenvalue weighted by Crippen LogP contribution is 2.25. The predicted octanol–water partition coefficient (Wildman–Crippen LogP) is 1.13. The van der Waals surface area contributed by atoms with Crippen molar-refractivity contribution in [2.24, 2.45) is 16.3 Å². The van der Waals surface area contributed by atoms with Crippen LogP contribution in [0.1, 0.15) is 31.7 Å². The molecule has 0 aliphatic heterocycles. The molecule has 1 heterocycles. The largest absolute Gasteiger partial charge is 0.409 e. The van der Waals surface area contributed by atoms with Crippen LogP contribution in [0.2, 0.25) is 0 Å². The van der Waals surface area contributed by atoms with Crippen LogP contribution in [-0.2, 0) is 4.79 Å². The van der Waals surface area contributed by atoms with E-state index in [4.69, 9.17) is 10.9 Å². The van der Waals surface area contributed by atoms with Crippen molar-refractivity contribution in [1.29, 1.82) is 0 Å². The molecule has 0 radical (unpaired) electrons. The van der Waals surface area contributed by atoms with Gasteiger partial charge in [0.1, 0.15) is 5.41 Å². The predicted molar refractivity (Wildman–Crippen MR) is 68.5 cm³/mol. The Labute approximate surface area is 105 Å². The second kappa shape index (κ2) is 5.07. The number of amides is 1. The standard InChI is InChI=1S/C11H19N5O2/c1-5-11(4,9(12)16-18)10(17)13-8-6(2)14-15-7(8)3/h18H,5H2,1-4H3,(H2,12,16)(H,13,17)(H,14,15). The second-order valence-corrected chi connectivity index (χ2v) is 4.43. The highest BCUT2D eigenvalue weighted by atomic mass is 16.4. The fourth-order valence-electron chi connectivity index (χ4n) is 1.55. The molecule has 1 amide bonds. The van der Waals surface area contributed by atoms with Gasteiger partial charge in [-0.05, 0) is 27.2 Å². The average molecular weight is 253 g/mol. The van der Waals surface area contributed by atoms with Crippen LogP contribution < -0.4 is 11.1 Å². The lowest BCUT2D eigenvalue weighted by Gasteiger charge is -2.25. The van der Waals surface area contributed by atoms with Crippen molar-refractivity contribution in [3.8, 4) is 0 Å². The first kappa shape index (κ1) is 14.0. The van der Waals surface area contributed by atoms with E-state index < -0.39 is 5.41 Å². The molecule has 0 fully saturated rings. The second-order valence-electron chi connectivity index (χ2n) is 4.43. The summed E-state index contributed by atoms with van der Waals surface area (Å²) in [6.45, 7) is 7.02. The number of hydrogen-bond acceptors (Lipinski definition) is 4. The molecular weight excluding hydrogens is 234 g/mol. The lowest BCUT2D eigenvalue weighted by molar-refractivity contribution is -0.121. The molecule has 0 aliphatic carbocycles. The van der Waals surface area contributed by atoms with Crippen molar-refractivity contribution in [2.45, 2.75) is 34.1 Å². The minimum absolute atomic E-state index is 0.110. The Kier molecular flexibility index (Phi) is 3.95. The SMILES string of the molecule is CCC(C)(C(=O)Nc1c(C)n[nH]c1C)C(N)=NO. The number of nitrogens with one attached hydrogen (secondary N) is 2. The number of oxime groups is 1. The maximum absolute atomic E-state index is 12.2. The molecule has 0 saturated heterocycles. The molecule has 1 unspecified atom stereocenters. The van der Waals surface area contributed by atoms with E-state index >= 15 is 0 Å². The van der Waals surface area contributed by atoms with Crippen LogP contribution in [0, 0.1) is 19.3 Å². The molecule has 0 spiro atoms. The van der Waals surface area contributed by atoms with E-state index in [1.807, 2.05) is 6.92 Å². The fourth-order valence-corrected chi connectivity index (χ4v) is 1.55. The summed E-state index contributed by atoms with van der Waals surface area (Å²) >= 11 is 0. The maximum atomic E-state index is 12.2. The van der Waals surface area contributed by atoms with E-state index in [1.54, 1.807) is 20.8 Å². The smallest absolute Gasteiger partial charge is 0.238 e. The Morgan fingerprint density at radius 3 is 2.61 bits per heavy atom. The fraction of sp³-hybridized carbons (Fsp3) is 0.545. The molecule has 1 aromatic rings. The molecule has 0 saturated carbocycles. The number of carbonyl (C=O) groups excluding carboxylic acids is 1. The first-order valence-corrected chi connectivity index (χ1v) is 5.67. The zero-order valence-corrected chi connectivity index (χ0v) is 11.0. The molecule has 7 nitrogen and oxygen atoms in total. The lowest BCUT2D eigenvalue weighted by Crippen LogP contribution is -2.44. The van der Waals surface area contributed by atoms with Gasteiger partial charge in [-0.1, -0.05) is 12.1 Å². The van der Waals surface area contributed by atoms with Gasteiger partial charge in [0.05, 0.1) is 17.1 Å². The van der Waals surface area contributed by atoms with Crippen molar-refractivity contribution in [3.05, 3.63) is 11.4 Å². The third-order valence-electron chi connectivity index (χ3n) is 3.25. The number of hydrogen-bond donors (Lipinski definition) is 4. The van der Waals surface area contributed by atoms with Crippen LogP contribution in [0.25, 0.3) is 0 Å². The van der Waals surface area contributed by atoms with Gasteiger partial charge < -0.3 is 16.3 Å². The summed E-state index contributed by atoms with van der Waals surface area (Å²) in [7, 11) is 0. The number of H-pyrrole nitrogens is 1. The van der Waals surface area contributed by atoms with Crippen molar-refractivity contribution in [2.75, 3.05) is 5.32 Å². The summed E-state index contributed by atoms with van der Waals surface area (Å²) < 4.78 is 0. The zero-order valence-electron chi connectivity index (χ0n) is 11.0. The Balaban J connectivity index is 3.01. The van der Waals surface area contributed by atoms with Crippen LogP contribution >= 0.6 is 0 Å². The normalized spacial score (nSPS) is 15.2. The number of amidine groups is 1. The monoisotopic (exact) mass is 253 g/mol. The number of rotatable bonds is 4. The average Bonchev–Trinajstić information content (AvgIpc) is 2.68. The Morgan fingerprint density at radius 2 is 2.22 bits per heavy atom. The topological polar surface area (TPSA) is 116 Å². The van der Waals surface area contributed by atoms with Crippen molar-refractivity contribution < 1.29 is 10.0 Å². The summed E-state index contributed by atoms with van der Waals surface area (Å²) in [6.07, 6.45) is 0.421. The third kappa shape index (κ3) is 2.29. The minimum atomic E-state index is -1.05. The molecule has 1 aromatic heterocycles. The van der Waals surface area contributed by atoms with Crippen LogP contribution in [0.15, 0.2) is 5.16 Å². The van der Waals surface area contributed by atoms with E-state index in [0.29, 0.717) is 17.8 Å². The van der Waals surface area contributed by atoms with Gasteiger partial charge in [-0.3, -0.25) is 9.89 Å². The van der Waals surface area contributed by atoms with E-state index in [2.05, 4.69) is 20.7 Å². The van der Waals surface area contributed by atoms with Gasteiger partial charge in [0, 0.05) is 0 Å². The number of aryl methyl sites for hydroxylation is 2. The number of nitrogens with two attached hydrogens (primary N) is 1. The third-order valence-corrected chi connectivity index (χ3v) is 3.25. The van der Waals surface area contributed by atoms with Crippen LogP contribution in [-0.4, -0.2) is 27.1 Å². The Morgan fingerprint density at radius 1 is 1.61 bits per heavy atom. The van der Waals surface area contributed by atoms with Gasteiger partial charge in [-0.25, -0.2) is 0 Å². The van der Waals surface area contributed by atoms with Crippen LogP contribution in [0.3, 0.4) is 0 Å². The van der Waals surface area contributed by atoms with Gasteiger partial charge in [-0.2, -0.15) is 5.10 Å². The van der Waals surface area contributed by atoms with Gasteiger partial charge in [0.2, 0.25) is 5.91 Å². The van der Waals surface area contributed by atoms with Gasteiger partial charge >= 0.3 is 0 Å². The minimum Gasteiger partial charge on any atom is -0.409 e. The summed E-state index contributed by atoms with van der Waals surface area (Å²) in [6, 6.07) is 0. The maximum Gasteiger partial charge on any atom is 0.238 e. The van der Waals surface area contributed by atoms with E-state index in [1.165, 1.54) is 0 Å². The van der Waals surface area contributed by atoms with Gasteiger partial charge in [0.15, 0.2) is 5.84 Å². The number of anilines is 1. The van der Waals surface area contributed by atoms with E-state index in [0.717, 1.165) is 5.69 Å². The summed E-state index contributed by atoms with van der Waals surface area (Å²) in [5.41, 5.74) is 6.62. The lowest BCUT2D eigenvalue weighted by atomic mass is 9.85. The molecule has 0 aliphatic rings. The van der Waals surface area contributed by atoms with Crippen molar-refractivity contribution in [1.82, 2.24) is 10.2 Å². The van der Waals surface area contributed by atoms with Crippen molar-refractivity contribution in [3.63, 3.8) is 0 Å². The Bertz CT molecular complexity index is 460. The number of aromatic nitrogens is 2. The molecule has 0 bridgehead atoms. The number of aromatic amines is 1. The van der Waals surface area contributed by atoms with Gasteiger partial charge in [0.25, 0.3) is 0 Å². The zero-order chi connectivity index (χ0) is 13.9. The molecular formula is C11H19N5O2. The highest BCUT2D eigenvalue weighted by Gasteiger charge is 2.37. The molecule has 0 aromatic carbocycles. The summed E-state index contributed by atoms with van der Waals surface area (Å²) in [4.78, 5) is 12.2. The Hall–Kier alpha value is -2.05. The highest BCUT2D eigenvalue weighted by molar-refractivity contribution is 6.11. The number of carbonyl (C=O) groups is 1. The molecule has 5 N–H and O–H groups in total. The van der Waals surface area contributed by atoms with E-state index in [-0.39, 0.29) is 11.7 Å². The molecule has 1 atom stereocenters. The first-order chi connectivity index (χ1) is 8.36. The summed E-state index contributed by atoms with van der Waals surface area (Å²) in [5, 5.41) is 21.2. The van der Waals surface area contributed by atoms with Crippen LogP contribution in [0.4, 0.5) is 5.69 Å². The summed E-state index contributed by atoms with van der Waals surface area (Å²) in [5.74, 6) is -0.436. The van der Waals surface area contributed by atoms with E-state index in [9.17, 15) is 4.79 Å². The van der Waals surface area contributed by atoms with Crippen molar-refractivity contribution >= 4 is 17.4 Å².